The van der Waals surface area contributed by atoms with E-state index in [1.165, 1.54) is 18.2 Å². The summed E-state index contributed by atoms with van der Waals surface area (Å²) >= 11 is 1.10. The average Bonchev–Trinajstić information content (AvgIpc) is 3.35. The predicted octanol–water partition coefficient (Wildman–Crippen LogP) is 4.79. The number of rotatable bonds is 7. The fraction of sp³-hybridized carbons (Fsp3) is 0.250. The fourth-order valence-corrected chi connectivity index (χ4v) is 4.32. The number of hydrogen-bond acceptors (Lipinski definition) is 7. The van der Waals surface area contributed by atoms with E-state index in [4.69, 9.17) is 4.74 Å². The Morgan fingerprint density at radius 3 is 2.52 bits per heavy atom. The lowest BCUT2D eigenvalue weighted by Gasteiger charge is -2.22. The molecule has 1 saturated heterocycles. The lowest BCUT2D eigenvalue weighted by molar-refractivity contribution is -0.132. The van der Waals surface area contributed by atoms with Crippen LogP contribution in [-0.2, 0) is 9.59 Å². The fourth-order valence-electron chi connectivity index (χ4n) is 3.60. The number of ether oxygens (including phenoxy) is 1. The highest BCUT2D eigenvalue weighted by molar-refractivity contribution is 7.15. The summed E-state index contributed by atoms with van der Waals surface area (Å²) in [5.41, 5.74) is 0.175. The molecule has 1 aliphatic rings. The highest BCUT2D eigenvalue weighted by atomic mass is 32.1. The predicted molar refractivity (Wildman–Crippen MR) is 123 cm³/mol. The Morgan fingerprint density at radius 2 is 1.88 bits per heavy atom. The summed E-state index contributed by atoms with van der Waals surface area (Å²) in [5.74, 6) is -2.21. The molecule has 33 heavy (non-hydrogen) atoms. The molecular formula is C24H22FN3O4S. The van der Waals surface area contributed by atoms with Gasteiger partial charge in [0.25, 0.3) is 5.78 Å². The number of aromatic nitrogens is 2. The van der Waals surface area contributed by atoms with Gasteiger partial charge in [0.15, 0.2) is 0 Å². The molecular weight excluding hydrogens is 445 g/mol. The highest BCUT2D eigenvalue weighted by Crippen LogP contribution is 2.43. The molecule has 2 aromatic carbocycles. The van der Waals surface area contributed by atoms with Gasteiger partial charge in [-0.25, -0.2) is 4.39 Å². The van der Waals surface area contributed by atoms with Gasteiger partial charge in [0.05, 0.1) is 12.2 Å². The van der Waals surface area contributed by atoms with E-state index in [9.17, 15) is 19.1 Å². The summed E-state index contributed by atoms with van der Waals surface area (Å²) < 4.78 is 20.5. The molecule has 1 fully saturated rings. The zero-order valence-corrected chi connectivity index (χ0v) is 18.9. The molecule has 0 aliphatic carbocycles. The number of aliphatic hydroxyl groups is 1. The van der Waals surface area contributed by atoms with E-state index in [1.54, 1.807) is 37.3 Å². The number of ketones is 1. The monoisotopic (exact) mass is 467 g/mol. The van der Waals surface area contributed by atoms with Crippen LogP contribution in [-0.4, -0.2) is 33.6 Å². The van der Waals surface area contributed by atoms with Gasteiger partial charge in [0, 0.05) is 11.1 Å². The van der Waals surface area contributed by atoms with E-state index < -0.39 is 29.3 Å². The Kier molecular flexibility index (Phi) is 6.50. The van der Waals surface area contributed by atoms with Gasteiger partial charge in [-0.05, 0) is 43.7 Å². The molecule has 4 rings (SSSR count). The number of aliphatic hydroxyl groups excluding tert-OH is 1. The van der Waals surface area contributed by atoms with Crippen LogP contribution >= 0.6 is 11.3 Å². The van der Waals surface area contributed by atoms with Crippen LogP contribution in [0.2, 0.25) is 0 Å². The molecule has 0 unspecified atom stereocenters. The minimum Gasteiger partial charge on any atom is -0.507 e. The summed E-state index contributed by atoms with van der Waals surface area (Å²) in [5, 5.41) is 19.7. The molecule has 1 aromatic heterocycles. The number of amides is 1. The SMILES string of the molecule is CCCCOc1ccc(C(O)=C2C(=O)C(=O)N(c3nnc(C)s3)[C@H]2c2ccccc2F)cc1. The van der Waals surface area contributed by atoms with Crippen LogP contribution in [0.25, 0.3) is 5.76 Å². The molecule has 0 bridgehead atoms. The van der Waals surface area contributed by atoms with Crippen LogP contribution in [0.15, 0.2) is 54.1 Å². The first-order chi connectivity index (χ1) is 15.9. The Balaban J connectivity index is 1.81. The van der Waals surface area contributed by atoms with Gasteiger partial charge >= 0.3 is 5.91 Å². The number of benzene rings is 2. The third kappa shape index (κ3) is 4.36. The molecule has 170 valence electrons. The van der Waals surface area contributed by atoms with Crippen molar-refractivity contribution in [3.05, 3.63) is 76.1 Å². The number of anilines is 1. The Bertz CT molecular complexity index is 1220. The zero-order valence-electron chi connectivity index (χ0n) is 18.1. The minimum atomic E-state index is -1.18. The minimum absolute atomic E-state index is 0.0747. The summed E-state index contributed by atoms with van der Waals surface area (Å²) in [6, 6.07) is 11.2. The molecule has 7 nitrogen and oxygen atoms in total. The Labute approximate surface area is 194 Å². The molecule has 1 aliphatic heterocycles. The van der Waals surface area contributed by atoms with Crippen LogP contribution in [0.1, 0.15) is 41.9 Å². The van der Waals surface area contributed by atoms with Crippen LogP contribution in [0, 0.1) is 12.7 Å². The number of carbonyl (C=O) groups is 2. The highest BCUT2D eigenvalue weighted by Gasteiger charge is 2.49. The number of Topliss-reactive ketones (excluding diaryl/α,β-unsaturated/α-hetero) is 1. The van der Waals surface area contributed by atoms with Gasteiger partial charge in [0.1, 0.15) is 28.4 Å². The lowest BCUT2D eigenvalue weighted by atomic mass is 9.95. The van der Waals surface area contributed by atoms with E-state index in [0.717, 1.165) is 29.1 Å². The van der Waals surface area contributed by atoms with Crippen LogP contribution in [0.3, 0.4) is 0 Å². The summed E-state index contributed by atoms with van der Waals surface area (Å²) in [6.45, 7) is 4.34. The zero-order chi connectivity index (χ0) is 23.5. The van der Waals surface area contributed by atoms with E-state index in [0.29, 0.717) is 22.9 Å². The topological polar surface area (TPSA) is 92.6 Å². The standard InChI is InChI=1S/C24H22FN3O4S/c1-3-4-13-32-16-11-9-15(10-12-16)21(29)19-20(17-7-5-6-8-18(17)25)28(23(31)22(19)30)24-27-26-14(2)33-24/h5-12,20,29H,3-4,13H2,1-2H3/t20-/m0/s1. The second-order valence-electron chi connectivity index (χ2n) is 7.52. The van der Waals surface area contributed by atoms with E-state index in [-0.39, 0.29) is 16.3 Å². The van der Waals surface area contributed by atoms with Crippen molar-refractivity contribution in [2.45, 2.75) is 32.7 Å². The maximum atomic E-state index is 14.8. The number of aryl methyl sites for hydroxylation is 1. The Morgan fingerprint density at radius 1 is 1.15 bits per heavy atom. The van der Waals surface area contributed by atoms with Gasteiger partial charge in [-0.15, -0.1) is 10.2 Å². The molecule has 2 heterocycles. The van der Waals surface area contributed by atoms with Crippen molar-refractivity contribution in [1.29, 1.82) is 0 Å². The normalized spacial score (nSPS) is 17.5. The average molecular weight is 468 g/mol. The van der Waals surface area contributed by atoms with Crippen molar-refractivity contribution in [2.75, 3.05) is 11.5 Å². The molecule has 0 spiro atoms. The van der Waals surface area contributed by atoms with Crippen molar-refractivity contribution < 1.29 is 23.8 Å². The third-order valence-corrected chi connectivity index (χ3v) is 6.10. The van der Waals surface area contributed by atoms with Gasteiger partial charge in [-0.3, -0.25) is 14.5 Å². The summed E-state index contributed by atoms with van der Waals surface area (Å²) in [4.78, 5) is 27.1. The van der Waals surface area contributed by atoms with Gasteiger partial charge < -0.3 is 9.84 Å². The largest absolute Gasteiger partial charge is 0.507 e. The van der Waals surface area contributed by atoms with Crippen molar-refractivity contribution in [3.63, 3.8) is 0 Å². The van der Waals surface area contributed by atoms with Gasteiger partial charge in [-0.2, -0.15) is 0 Å². The van der Waals surface area contributed by atoms with Crippen molar-refractivity contribution >= 4 is 33.9 Å². The first kappa shape index (κ1) is 22.6. The summed E-state index contributed by atoms with van der Waals surface area (Å²) in [7, 11) is 0. The van der Waals surface area contributed by atoms with E-state index in [1.807, 2.05) is 0 Å². The third-order valence-electron chi connectivity index (χ3n) is 5.26. The number of unbranched alkanes of at least 4 members (excludes halogenated alkanes) is 1. The molecule has 1 N–H and O–H groups in total. The number of nitrogens with zero attached hydrogens (tertiary/aromatic N) is 3. The first-order valence-electron chi connectivity index (χ1n) is 10.5. The second kappa shape index (κ2) is 9.50. The molecule has 1 atom stereocenters. The maximum absolute atomic E-state index is 14.8. The lowest BCUT2D eigenvalue weighted by Crippen LogP contribution is -2.29. The maximum Gasteiger partial charge on any atom is 0.301 e. The van der Waals surface area contributed by atoms with Gasteiger partial charge in [-0.1, -0.05) is 42.9 Å². The number of halogens is 1. The summed E-state index contributed by atoms with van der Waals surface area (Å²) in [6.07, 6.45) is 1.92. The van der Waals surface area contributed by atoms with Crippen molar-refractivity contribution in [3.8, 4) is 5.75 Å². The second-order valence-corrected chi connectivity index (χ2v) is 8.68. The first-order valence-corrected chi connectivity index (χ1v) is 11.3. The molecule has 3 aromatic rings. The van der Waals surface area contributed by atoms with E-state index >= 15 is 0 Å². The molecule has 9 heteroatoms. The van der Waals surface area contributed by atoms with Crippen molar-refractivity contribution in [1.82, 2.24) is 10.2 Å². The quantitative estimate of drug-likeness (QED) is 0.232. The van der Waals surface area contributed by atoms with E-state index in [2.05, 4.69) is 17.1 Å². The number of carbonyl (C=O) groups excluding carboxylic acids is 2. The molecule has 0 radical (unpaired) electrons. The smallest absolute Gasteiger partial charge is 0.301 e. The number of hydrogen-bond donors (Lipinski definition) is 1. The van der Waals surface area contributed by atoms with Crippen LogP contribution in [0.5, 0.6) is 5.75 Å². The Hall–Kier alpha value is -3.59. The van der Waals surface area contributed by atoms with Crippen LogP contribution in [0.4, 0.5) is 9.52 Å². The van der Waals surface area contributed by atoms with Crippen LogP contribution < -0.4 is 9.64 Å². The van der Waals surface area contributed by atoms with Gasteiger partial charge in [0.2, 0.25) is 5.13 Å². The molecule has 0 saturated carbocycles. The molecule has 1 amide bonds. The van der Waals surface area contributed by atoms with Crippen molar-refractivity contribution in [2.24, 2.45) is 0 Å².